The number of hydrogen-bond donors (Lipinski definition) is 0. The second-order valence-corrected chi connectivity index (χ2v) is 6.38. The van der Waals surface area contributed by atoms with Crippen molar-refractivity contribution in [1.82, 2.24) is 0 Å². The zero-order chi connectivity index (χ0) is 21.2. The molecule has 0 spiro atoms. The van der Waals surface area contributed by atoms with Crippen LogP contribution in [-0.2, 0) is 14.3 Å². The molecule has 0 aliphatic rings. The molecular formula is C17H19F6NO3. The highest BCUT2D eigenvalue weighted by Crippen LogP contribution is 2.37. The molecule has 1 aromatic rings. The number of alkyl halides is 6. The van der Waals surface area contributed by atoms with Gasteiger partial charge < -0.3 is 4.74 Å². The summed E-state index contributed by atoms with van der Waals surface area (Å²) in [6, 6.07) is 4.51. The topological polar surface area (TPSA) is 46.6 Å². The number of hydrogen-bond acceptors (Lipinski definition) is 3. The van der Waals surface area contributed by atoms with E-state index in [1.54, 1.807) is 33.8 Å². The van der Waals surface area contributed by atoms with Crippen molar-refractivity contribution >= 4 is 17.6 Å². The van der Waals surface area contributed by atoms with Crippen LogP contribution in [0.4, 0.5) is 32.0 Å². The first kappa shape index (κ1) is 22.8. The summed E-state index contributed by atoms with van der Waals surface area (Å²) in [5, 5.41) is 0. The first-order valence-electron chi connectivity index (χ1n) is 7.93. The Kier molecular flexibility index (Phi) is 6.90. The Morgan fingerprint density at radius 2 is 1.37 bits per heavy atom. The van der Waals surface area contributed by atoms with E-state index in [4.69, 9.17) is 0 Å². The number of anilines is 1. The number of carbonyl (C=O) groups excluding carboxylic acids is 2. The highest BCUT2D eigenvalue weighted by Gasteiger charge is 2.46. The van der Waals surface area contributed by atoms with Gasteiger partial charge in [-0.05, 0) is 23.0 Å². The van der Waals surface area contributed by atoms with Crippen molar-refractivity contribution in [3.8, 4) is 0 Å². The summed E-state index contributed by atoms with van der Waals surface area (Å²) in [4.78, 5) is 22.9. The normalized spacial score (nSPS) is 12.4. The van der Waals surface area contributed by atoms with Crippen LogP contribution in [-0.4, -0.2) is 31.0 Å². The third-order valence-corrected chi connectivity index (χ3v) is 3.66. The van der Waals surface area contributed by atoms with Gasteiger partial charge in [-0.25, -0.2) is 4.79 Å². The van der Waals surface area contributed by atoms with E-state index < -0.39 is 31.0 Å². The summed E-state index contributed by atoms with van der Waals surface area (Å²) in [5.74, 6) is -5.80. The fourth-order valence-electron chi connectivity index (χ4n) is 2.41. The van der Waals surface area contributed by atoms with Gasteiger partial charge in [0, 0.05) is 0 Å². The summed E-state index contributed by atoms with van der Waals surface area (Å²) in [5.41, 5.74) is 0.406. The van der Waals surface area contributed by atoms with Crippen molar-refractivity contribution in [2.45, 2.75) is 51.9 Å². The maximum Gasteiger partial charge on any atom is 0.490 e. The molecule has 0 atom stereocenters. The van der Waals surface area contributed by atoms with Crippen molar-refractivity contribution in [2.24, 2.45) is 0 Å². The fourth-order valence-corrected chi connectivity index (χ4v) is 2.41. The van der Waals surface area contributed by atoms with Gasteiger partial charge in [0.25, 0.3) is 0 Å². The number of nitrogens with zero attached hydrogens (tertiary/aromatic N) is 1. The van der Waals surface area contributed by atoms with E-state index in [2.05, 4.69) is 4.74 Å². The molecule has 0 aliphatic carbocycles. The quantitative estimate of drug-likeness (QED) is 0.402. The van der Waals surface area contributed by atoms with Crippen molar-refractivity contribution in [2.75, 3.05) is 11.6 Å². The highest BCUT2D eigenvalue weighted by atomic mass is 19.4. The Morgan fingerprint density at radius 3 is 1.70 bits per heavy atom. The molecule has 0 heterocycles. The molecule has 0 N–H and O–H groups in total. The molecule has 0 bridgehead atoms. The standard InChI is InChI=1S/C17H19F6NO3/c1-9(2)11-6-5-7-12(10(3)4)13(11)24(14(25)16(18,19)20)8-27-15(26)17(21,22)23/h5-7,9-10H,8H2,1-4H3. The molecule has 0 fully saturated rings. The van der Waals surface area contributed by atoms with Gasteiger partial charge in [0.1, 0.15) is 0 Å². The molecule has 0 saturated carbocycles. The Morgan fingerprint density at radius 1 is 0.926 bits per heavy atom. The van der Waals surface area contributed by atoms with Gasteiger partial charge in [0.05, 0.1) is 5.69 Å². The van der Waals surface area contributed by atoms with Crippen LogP contribution in [0, 0.1) is 0 Å². The minimum Gasteiger partial charge on any atom is -0.437 e. The largest absolute Gasteiger partial charge is 0.490 e. The molecule has 1 aromatic carbocycles. The molecule has 27 heavy (non-hydrogen) atoms. The molecule has 1 amide bonds. The predicted octanol–water partition coefficient (Wildman–Crippen LogP) is 4.89. The van der Waals surface area contributed by atoms with Crippen LogP contribution in [0.3, 0.4) is 0 Å². The summed E-state index contributed by atoms with van der Waals surface area (Å²) < 4.78 is 80.2. The minimum absolute atomic E-state index is 0.0360. The van der Waals surface area contributed by atoms with E-state index in [-0.39, 0.29) is 22.4 Å². The lowest BCUT2D eigenvalue weighted by atomic mass is 9.92. The SMILES string of the molecule is CC(C)c1cccc(C(C)C)c1N(COC(=O)C(F)(F)F)C(=O)C(F)(F)F. The van der Waals surface area contributed by atoms with Crippen LogP contribution < -0.4 is 4.90 Å². The average molecular weight is 399 g/mol. The zero-order valence-electron chi connectivity index (χ0n) is 15.0. The van der Waals surface area contributed by atoms with Crippen molar-refractivity contribution in [3.05, 3.63) is 29.3 Å². The van der Waals surface area contributed by atoms with E-state index in [1.807, 2.05) is 0 Å². The first-order valence-corrected chi connectivity index (χ1v) is 7.93. The predicted molar refractivity (Wildman–Crippen MR) is 85.2 cm³/mol. The number of para-hydroxylation sites is 1. The second kappa shape index (κ2) is 8.18. The van der Waals surface area contributed by atoms with Crippen LogP contribution in [0.5, 0.6) is 0 Å². The monoisotopic (exact) mass is 399 g/mol. The van der Waals surface area contributed by atoms with Crippen molar-refractivity contribution in [1.29, 1.82) is 0 Å². The summed E-state index contributed by atoms with van der Waals surface area (Å²) in [7, 11) is 0. The lowest BCUT2D eigenvalue weighted by molar-refractivity contribution is -0.200. The minimum atomic E-state index is -5.40. The molecule has 0 saturated heterocycles. The fraction of sp³-hybridized carbons (Fsp3) is 0.529. The van der Waals surface area contributed by atoms with Crippen LogP contribution in [0.25, 0.3) is 0 Å². The van der Waals surface area contributed by atoms with Crippen molar-refractivity contribution in [3.63, 3.8) is 0 Å². The third kappa shape index (κ3) is 5.61. The Labute approximate surface area is 152 Å². The van der Waals surface area contributed by atoms with E-state index >= 15 is 0 Å². The van der Waals surface area contributed by atoms with E-state index in [1.165, 1.54) is 12.1 Å². The van der Waals surface area contributed by atoms with Gasteiger partial charge in [-0.2, -0.15) is 26.3 Å². The summed E-state index contributed by atoms with van der Waals surface area (Å²) in [6.07, 6.45) is -10.8. The Bertz CT molecular complexity index is 669. The lowest BCUT2D eigenvalue weighted by Crippen LogP contribution is -2.45. The smallest absolute Gasteiger partial charge is 0.437 e. The summed E-state index contributed by atoms with van der Waals surface area (Å²) >= 11 is 0. The molecule has 0 unspecified atom stereocenters. The van der Waals surface area contributed by atoms with Crippen LogP contribution in [0.1, 0.15) is 50.7 Å². The Hall–Kier alpha value is -2.26. The highest BCUT2D eigenvalue weighted by molar-refractivity contribution is 5.99. The molecule has 0 aromatic heterocycles. The summed E-state index contributed by atoms with van der Waals surface area (Å²) in [6.45, 7) is 5.10. The maximum absolute atomic E-state index is 13.1. The molecule has 1 rings (SSSR count). The van der Waals surface area contributed by atoms with Gasteiger partial charge in [0.15, 0.2) is 6.73 Å². The van der Waals surface area contributed by atoms with Gasteiger partial charge >= 0.3 is 24.2 Å². The van der Waals surface area contributed by atoms with E-state index in [0.717, 1.165) is 0 Å². The molecule has 10 heteroatoms. The number of ether oxygens (including phenoxy) is 1. The molecule has 4 nitrogen and oxygen atoms in total. The number of amides is 1. The van der Waals surface area contributed by atoms with Crippen LogP contribution in [0.15, 0.2) is 18.2 Å². The van der Waals surface area contributed by atoms with E-state index in [9.17, 15) is 35.9 Å². The number of rotatable bonds is 5. The van der Waals surface area contributed by atoms with Gasteiger partial charge in [0.2, 0.25) is 0 Å². The Balaban J connectivity index is 3.52. The first-order chi connectivity index (χ1) is 12.2. The van der Waals surface area contributed by atoms with Gasteiger partial charge in [-0.3, -0.25) is 9.69 Å². The van der Waals surface area contributed by atoms with E-state index in [0.29, 0.717) is 11.1 Å². The number of carbonyl (C=O) groups is 2. The second-order valence-electron chi connectivity index (χ2n) is 6.38. The third-order valence-electron chi connectivity index (χ3n) is 3.66. The van der Waals surface area contributed by atoms with Crippen LogP contribution >= 0.6 is 0 Å². The molecule has 0 aliphatic heterocycles. The van der Waals surface area contributed by atoms with Crippen LogP contribution in [0.2, 0.25) is 0 Å². The maximum atomic E-state index is 13.1. The van der Waals surface area contributed by atoms with Gasteiger partial charge in [-0.15, -0.1) is 0 Å². The lowest BCUT2D eigenvalue weighted by Gasteiger charge is -2.30. The molecule has 0 radical (unpaired) electrons. The number of esters is 1. The van der Waals surface area contributed by atoms with Gasteiger partial charge in [-0.1, -0.05) is 45.9 Å². The van der Waals surface area contributed by atoms with Crippen molar-refractivity contribution < 1.29 is 40.7 Å². The number of benzene rings is 1. The zero-order valence-corrected chi connectivity index (χ0v) is 15.0. The molecular weight excluding hydrogens is 380 g/mol. The number of halogens is 6. The molecule has 152 valence electrons. The average Bonchev–Trinajstić information content (AvgIpc) is 2.52.